The van der Waals surface area contributed by atoms with E-state index in [1.54, 1.807) is 0 Å². The zero-order valence-corrected chi connectivity index (χ0v) is 29.3. The van der Waals surface area contributed by atoms with Crippen molar-refractivity contribution in [3.8, 4) is 50.7 Å². The number of aromatic nitrogens is 3. The first-order valence-corrected chi connectivity index (χ1v) is 18.2. The largest absolute Gasteiger partial charge is 0.455 e. The molecule has 0 atom stereocenters. The molecule has 7 aromatic carbocycles. The van der Waals surface area contributed by atoms with Gasteiger partial charge in [-0.1, -0.05) is 135 Å². The molecule has 0 aliphatic heterocycles. The summed E-state index contributed by atoms with van der Waals surface area (Å²) in [6.07, 6.45) is 0. The average molecular weight is 680 g/mol. The molecule has 0 unspecified atom stereocenters. The highest BCUT2D eigenvalue weighted by Gasteiger charge is 2.36. The van der Waals surface area contributed by atoms with Gasteiger partial charge in [0, 0.05) is 38.1 Å². The van der Waals surface area contributed by atoms with Gasteiger partial charge in [-0.05, 0) is 75.8 Å². The smallest absolute Gasteiger partial charge is 0.235 e. The van der Waals surface area contributed by atoms with E-state index >= 15 is 0 Å². The van der Waals surface area contributed by atoms with E-state index in [1.807, 2.05) is 12.1 Å². The Morgan fingerprint density at radius 2 is 1.13 bits per heavy atom. The summed E-state index contributed by atoms with van der Waals surface area (Å²) >= 11 is 0. The lowest BCUT2D eigenvalue weighted by molar-refractivity contribution is 0.661. The van der Waals surface area contributed by atoms with Crippen molar-refractivity contribution < 1.29 is 4.42 Å². The Morgan fingerprint density at radius 1 is 0.453 bits per heavy atom. The normalized spacial score (nSPS) is 13.2. The number of hydrogen-bond acceptors (Lipinski definition) is 3. The molecule has 0 radical (unpaired) electrons. The van der Waals surface area contributed by atoms with E-state index in [0.29, 0.717) is 5.95 Å². The molecule has 3 aromatic heterocycles. The molecule has 1 aliphatic rings. The highest BCUT2D eigenvalue weighted by molar-refractivity contribution is 6.12. The lowest BCUT2D eigenvalue weighted by Gasteiger charge is -2.21. The van der Waals surface area contributed by atoms with Crippen LogP contribution in [0.5, 0.6) is 0 Å². The lowest BCUT2D eigenvalue weighted by Crippen LogP contribution is -2.14. The van der Waals surface area contributed by atoms with Crippen LogP contribution in [0.3, 0.4) is 0 Å². The molecule has 3 heterocycles. The third kappa shape index (κ3) is 4.42. The predicted molar refractivity (Wildman–Crippen MR) is 218 cm³/mol. The van der Waals surface area contributed by atoms with E-state index in [-0.39, 0.29) is 5.41 Å². The third-order valence-electron chi connectivity index (χ3n) is 11.2. The lowest BCUT2D eigenvalue weighted by atomic mass is 9.82. The Hall–Kier alpha value is -6.78. The Kier molecular flexibility index (Phi) is 6.27. The summed E-state index contributed by atoms with van der Waals surface area (Å²) in [6, 6.07) is 58.0. The van der Waals surface area contributed by atoms with Crippen molar-refractivity contribution in [1.29, 1.82) is 0 Å². The van der Waals surface area contributed by atoms with E-state index < -0.39 is 0 Å². The van der Waals surface area contributed by atoms with Crippen LogP contribution in [0.4, 0.5) is 0 Å². The molecular formula is C49H33N3O. The van der Waals surface area contributed by atoms with E-state index in [0.717, 1.165) is 66.6 Å². The molecule has 0 amide bonds. The molecule has 0 spiro atoms. The van der Waals surface area contributed by atoms with Gasteiger partial charge in [0.05, 0.1) is 22.4 Å². The van der Waals surface area contributed by atoms with Crippen LogP contribution < -0.4 is 0 Å². The maximum atomic E-state index is 6.57. The van der Waals surface area contributed by atoms with Crippen LogP contribution in [-0.2, 0) is 5.41 Å². The van der Waals surface area contributed by atoms with Crippen molar-refractivity contribution in [1.82, 2.24) is 14.5 Å². The van der Waals surface area contributed by atoms with Crippen molar-refractivity contribution in [3.63, 3.8) is 0 Å². The number of rotatable bonds is 4. The minimum Gasteiger partial charge on any atom is -0.455 e. The molecule has 0 saturated heterocycles. The summed E-state index contributed by atoms with van der Waals surface area (Å²) in [5.41, 5.74) is 14.9. The van der Waals surface area contributed by atoms with Crippen molar-refractivity contribution in [2.24, 2.45) is 0 Å². The molecule has 53 heavy (non-hydrogen) atoms. The summed E-state index contributed by atoms with van der Waals surface area (Å²) in [6.45, 7) is 4.67. The monoisotopic (exact) mass is 679 g/mol. The number of hydrogen-bond donors (Lipinski definition) is 0. The van der Waals surface area contributed by atoms with Crippen LogP contribution in [0.2, 0.25) is 0 Å². The second kappa shape index (κ2) is 11.1. The number of fused-ring (bicyclic) bond motifs is 9. The molecular weight excluding hydrogens is 647 g/mol. The second-order valence-electron chi connectivity index (χ2n) is 14.6. The van der Waals surface area contributed by atoms with E-state index in [9.17, 15) is 0 Å². The van der Waals surface area contributed by atoms with E-state index in [4.69, 9.17) is 14.4 Å². The standard InChI is InChI=1S/C49H33N3O/c1-49(2)40-23-9-6-18-33(40)38-28-45-39(27-41(38)49)34-19-7-10-24-44(34)52(45)48-50-42(32-17-12-16-31(26-32)30-14-4-3-5-15-30)29-43(51-48)37-22-13-21-36-35-20-8-11-25-46(35)53-47(36)37/h3-29H,1-2H3. The van der Waals surface area contributed by atoms with Crippen molar-refractivity contribution in [3.05, 3.63) is 175 Å². The van der Waals surface area contributed by atoms with Crippen LogP contribution in [0.15, 0.2) is 168 Å². The van der Waals surface area contributed by atoms with Crippen LogP contribution >= 0.6 is 0 Å². The van der Waals surface area contributed by atoms with E-state index in [2.05, 4.69) is 170 Å². The molecule has 0 fully saturated rings. The minimum atomic E-state index is -0.109. The Morgan fingerprint density at radius 3 is 2.04 bits per heavy atom. The molecule has 0 saturated carbocycles. The van der Waals surface area contributed by atoms with Crippen molar-refractivity contribution in [2.45, 2.75) is 19.3 Å². The van der Waals surface area contributed by atoms with Crippen LogP contribution in [0.1, 0.15) is 25.0 Å². The van der Waals surface area contributed by atoms with Crippen molar-refractivity contribution in [2.75, 3.05) is 0 Å². The maximum Gasteiger partial charge on any atom is 0.235 e. The van der Waals surface area contributed by atoms with Gasteiger partial charge in [0.2, 0.25) is 5.95 Å². The number of nitrogens with zero attached hydrogens (tertiary/aromatic N) is 3. The SMILES string of the molecule is CC1(C)c2ccccc2-c2cc3c(cc21)c1ccccc1n3-c1nc(-c2cccc(-c3ccccc3)c2)cc(-c2cccc3c2oc2ccccc23)n1. The average Bonchev–Trinajstić information content (AvgIpc) is 3.83. The highest BCUT2D eigenvalue weighted by atomic mass is 16.3. The zero-order chi connectivity index (χ0) is 35.3. The van der Waals surface area contributed by atoms with Crippen molar-refractivity contribution >= 4 is 43.7 Å². The van der Waals surface area contributed by atoms with Gasteiger partial charge in [-0.2, -0.15) is 0 Å². The third-order valence-corrected chi connectivity index (χ3v) is 11.2. The van der Waals surface area contributed by atoms with Gasteiger partial charge < -0.3 is 4.42 Å². The summed E-state index contributed by atoms with van der Waals surface area (Å²) in [7, 11) is 0. The molecule has 10 aromatic rings. The fourth-order valence-corrected chi connectivity index (χ4v) is 8.64. The highest BCUT2D eigenvalue weighted by Crippen LogP contribution is 2.51. The quantitative estimate of drug-likeness (QED) is 0.186. The van der Waals surface area contributed by atoms with Gasteiger partial charge >= 0.3 is 0 Å². The van der Waals surface area contributed by atoms with E-state index in [1.165, 1.54) is 33.0 Å². The van der Waals surface area contributed by atoms with Gasteiger partial charge in [-0.25, -0.2) is 9.97 Å². The first kappa shape index (κ1) is 29.9. The Bertz CT molecular complexity index is 3090. The van der Waals surface area contributed by atoms with Gasteiger partial charge in [-0.15, -0.1) is 0 Å². The molecule has 250 valence electrons. The molecule has 0 N–H and O–H groups in total. The summed E-state index contributed by atoms with van der Waals surface area (Å²) in [5, 5.41) is 4.53. The Labute approximate surface area is 306 Å². The van der Waals surface area contributed by atoms with Gasteiger partial charge in [0.15, 0.2) is 0 Å². The minimum absolute atomic E-state index is 0.109. The number of benzene rings is 7. The van der Waals surface area contributed by atoms with Crippen LogP contribution in [-0.4, -0.2) is 14.5 Å². The van der Waals surface area contributed by atoms with Crippen LogP contribution in [0, 0.1) is 0 Å². The molecule has 0 bridgehead atoms. The van der Waals surface area contributed by atoms with Gasteiger partial charge in [0.25, 0.3) is 0 Å². The topological polar surface area (TPSA) is 43.9 Å². The first-order valence-electron chi connectivity index (χ1n) is 18.2. The first-order chi connectivity index (χ1) is 26.0. The summed E-state index contributed by atoms with van der Waals surface area (Å²) in [4.78, 5) is 10.8. The van der Waals surface area contributed by atoms with Gasteiger partial charge in [0.1, 0.15) is 11.2 Å². The molecule has 1 aliphatic carbocycles. The predicted octanol–water partition coefficient (Wildman–Crippen LogP) is 12.8. The maximum absolute atomic E-state index is 6.57. The second-order valence-corrected chi connectivity index (χ2v) is 14.6. The summed E-state index contributed by atoms with van der Waals surface area (Å²) in [5.74, 6) is 0.618. The van der Waals surface area contributed by atoms with Gasteiger partial charge in [-0.3, -0.25) is 4.57 Å². The molecule has 4 heteroatoms. The fraction of sp³-hybridized carbons (Fsp3) is 0.0612. The number of para-hydroxylation sites is 3. The van der Waals surface area contributed by atoms with Crippen LogP contribution in [0.25, 0.3) is 94.5 Å². The summed E-state index contributed by atoms with van der Waals surface area (Å²) < 4.78 is 8.82. The number of furan rings is 1. The fourth-order valence-electron chi connectivity index (χ4n) is 8.64. The molecule has 11 rings (SSSR count). The zero-order valence-electron chi connectivity index (χ0n) is 29.3. The molecule has 4 nitrogen and oxygen atoms in total. The Balaban J connectivity index is 1.21.